The first-order valence-electron chi connectivity index (χ1n) is 9.28. The zero-order chi connectivity index (χ0) is 21.3. The quantitative estimate of drug-likeness (QED) is 0.332. The molecule has 1 amide bonds. The molecule has 3 aromatic carbocycles. The molecular weight excluding hydrogens is 446 g/mol. The lowest BCUT2D eigenvalue weighted by molar-refractivity contribution is -0.132. The fourth-order valence-corrected chi connectivity index (χ4v) is 4.05. The number of aliphatic hydroxyl groups is 1. The maximum atomic E-state index is 13.1. The van der Waals surface area contributed by atoms with Crippen molar-refractivity contribution in [3.8, 4) is 5.75 Å². The van der Waals surface area contributed by atoms with Crippen LogP contribution in [0.5, 0.6) is 5.75 Å². The minimum atomic E-state index is -0.837. The number of carbonyl (C=O) groups excluding carboxylic acids is 2. The molecule has 0 aliphatic carbocycles. The predicted molar refractivity (Wildman–Crippen MR) is 118 cm³/mol. The van der Waals surface area contributed by atoms with Crippen molar-refractivity contribution in [2.45, 2.75) is 6.04 Å². The van der Waals surface area contributed by atoms with Crippen molar-refractivity contribution in [1.29, 1.82) is 0 Å². The Kier molecular flexibility index (Phi) is 5.42. The minimum Gasteiger partial charge on any atom is -0.507 e. The smallest absolute Gasteiger partial charge is 0.300 e. The number of para-hydroxylation sites is 1. The molecule has 0 aromatic heterocycles. The number of hydrogen-bond donors (Lipinski definition) is 1. The molecule has 0 unspecified atom stereocenters. The Bertz CT molecular complexity index is 1160. The van der Waals surface area contributed by atoms with Crippen LogP contribution in [-0.2, 0) is 9.59 Å². The highest BCUT2D eigenvalue weighted by Crippen LogP contribution is 2.45. The Morgan fingerprint density at radius 2 is 1.67 bits per heavy atom. The van der Waals surface area contributed by atoms with Gasteiger partial charge in [-0.25, -0.2) is 0 Å². The van der Waals surface area contributed by atoms with Crippen LogP contribution in [0.3, 0.4) is 0 Å². The lowest BCUT2D eigenvalue weighted by Crippen LogP contribution is -2.29. The van der Waals surface area contributed by atoms with Crippen LogP contribution >= 0.6 is 15.9 Å². The Hall–Kier alpha value is -3.38. The van der Waals surface area contributed by atoms with Crippen LogP contribution in [-0.4, -0.2) is 23.9 Å². The molecule has 6 heteroatoms. The lowest BCUT2D eigenvalue weighted by atomic mass is 9.94. The van der Waals surface area contributed by atoms with Gasteiger partial charge in [0.25, 0.3) is 11.7 Å². The summed E-state index contributed by atoms with van der Waals surface area (Å²) in [6, 6.07) is 22.2. The summed E-state index contributed by atoms with van der Waals surface area (Å²) in [5, 5.41) is 11.1. The average molecular weight is 464 g/mol. The van der Waals surface area contributed by atoms with Gasteiger partial charge in [-0.1, -0.05) is 70.5 Å². The number of benzene rings is 3. The number of halogens is 1. The van der Waals surface area contributed by atoms with Gasteiger partial charge in [0, 0.05) is 21.3 Å². The molecule has 4 rings (SSSR count). The van der Waals surface area contributed by atoms with E-state index >= 15 is 0 Å². The van der Waals surface area contributed by atoms with Gasteiger partial charge in [0.05, 0.1) is 18.7 Å². The summed E-state index contributed by atoms with van der Waals surface area (Å²) in [6.07, 6.45) is 0. The monoisotopic (exact) mass is 463 g/mol. The summed E-state index contributed by atoms with van der Waals surface area (Å²) in [5.74, 6) is -1.15. The van der Waals surface area contributed by atoms with Gasteiger partial charge < -0.3 is 9.84 Å². The highest BCUT2D eigenvalue weighted by atomic mass is 79.9. The molecule has 3 aromatic rings. The molecular formula is C24H18BrNO4. The Labute approximate surface area is 182 Å². The molecule has 0 radical (unpaired) electrons. The number of carbonyl (C=O) groups is 2. The molecule has 0 bridgehead atoms. The fraction of sp³-hybridized carbons (Fsp3) is 0.0833. The van der Waals surface area contributed by atoms with Crippen LogP contribution in [0.25, 0.3) is 5.76 Å². The van der Waals surface area contributed by atoms with E-state index in [1.165, 1.54) is 12.0 Å². The van der Waals surface area contributed by atoms with Crippen molar-refractivity contribution < 1.29 is 19.4 Å². The van der Waals surface area contributed by atoms with Crippen molar-refractivity contribution in [2.75, 3.05) is 12.0 Å². The molecule has 0 saturated carbocycles. The van der Waals surface area contributed by atoms with Crippen molar-refractivity contribution in [2.24, 2.45) is 0 Å². The second-order valence-corrected chi connectivity index (χ2v) is 7.67. The van der Waals surface area contributed by atoms with Crippen molar-refractivity contribution >= 4 is 39.1 Å². The third kappa shape index (κ3) is 3.39. The largest absolute Gasteiger partial charge is 0.507 e. The number of rotatable bonds is 4. The number of Topliss-reactive ketones (excluding diaryl/α,β-unsaturated/α-hetero) is 1. The predicted octanol–water partition coefficient (Wildman–Crippen LogP) is 5.08. The van der Waals surface area contributed by atoms with Crippen molar-refractivity contribution in [1.82, 2.24) is 0 Å². The van der Waals surface area contributed by atoms with E-state index in [1.807, 2.05) is 18.2 Å². The van der Waals surface area contributed by atoms with E-state index < -0.39 is 17.7 Å². The summed E-state index contributed by atoms with van der Waals surface area (Å²) in [5.41, 5.74) is 1.63. The third-order valence-electron chi connectivity index (χ3n) is 5.01. The molecule has 150 valence electrons. The van der Waals surface area contributed by atoms with Crippen LogP contribution < -0.4 is 9.64 Å². The van der Waals surface area contributed by atoms with Crippen molar-refractivity contribution in [3.05, 3.63) is 100 Å². The second-order valence-electron chi connectivity index (χ2n) is 6.76. The molecule has 0 spiro atoms. The molecule has 1 N–H and O–H groups in total. The fourth-order valence-electron chi connectivity index (χ4n) is 3.66. The standard InChI is InChI=1S/C24H18BrNO4/c1-30-19-13-6-5-12-18(19)21-20(22(27)15-8-3-2-4-9-15)23(28)24(29)26(21)17-11-7-10-16(25)14-17/h2-14,21,27H,1H3/t21-/m0/s1. The third-order valence-corrected chi connectivity index (χ3v) is 5.50. The normalized spacial score (nSPS) is 17.9. The van der Waals surface area contributed by atoms with E-state index in [1.54, 1.807) is 60.7 Å². The average Bonchev–Trinajstić information content (AvgIpc) is 3.04. The maximum absolute atomic E-state index is 13.1. The summed E-state index contributed by atoms with van der Waals surface area (Å²) in [4.78, 5) is 27.6. The number of methoxy groups -OCH3 is 1. The van der Waals surface area contributed by atoms with Crippen molar-refractivity contribution in [3.63, 3.8) is 0 Å². The number of amides is 1. The zero-order valence-corrected chi connectivity index (χ0v) is 17.7. The number of anilines is 1. The van der Waals surface area contributed by atoms with E-state index in [9.17, 15) is 14.7 Å². The SMILES string of the molecule is COc1ccccc1[C@H]1C(=C(O)c2ccccc2)C(=O)C(=O)N1c1cccc(Br)c1. The van der Waals surface area contributed by atoms with E-state index in [0.29, 0.717) is 22.6 Å². The van der Waals surface area contributed by atoms with Gasteiger partial charge >= 0.3 is 0 Å². The van der Waals surface area contributed by atoms with Gasteiger partial charge in [0.2, 0.25) is 0 Å². The molecule has 5 nitrogen and oxygen atoms in total. The van der Waals surface area contributed by atoms with Gasteiger partial charge in [-0.2, -0.15) is 0 Å². The molecule has 1 saturated heterocycles. The first-order valence-corrected chi connectivity index (χ1v) is 10.1. The highest BCUT2D eigenvalue weighted by molar-refractivity contribution is 9.10. The van der Waals surface area contributed by atoms with Gasteiger partial charge in [-0.3, -0.25) is 14.5 Å². The number of ketones is 1. The summed E-state index contributed by atoms with van der Waals surface area (Å²) >= 11 is 3.42. The summed E-state index contributed by atoms with van der Waals surface area (Å²) in [6.45, 7) is 0. The Morgan fingerprint density at radius 3 is 2.37 bits per heavy atom. The first-order chi connectivity index (χ1) is 14.5. The first kappa shape index (κ1) is 19.9. The Balaban J connectivity index is 2.00. The van der Waals surface area contributed by atoms with Gasteiger partial charge in [-0.15, -0.1) is 0 Å². The molecule has 1 aliphatic rings. The Morgan fingerprint density at radius 1 is 0.967 bits per heavy atom. The summed E-state index contributed by atoms with van der Waals surface area (Å²) in [7, 11) is 1.53. The van der Waals surface area contributed by atoms with Crippen LogP contribution in [0.2, 0.25) is 0 Å². The topological polar surface area (TPSA) is 66.8 Å². The molecule has 1 fully saturated rings. The van der Waals surface area contributed by atoms with Crippen LogP contribution in [0.15, 0.2) is 88.9 Å². The van der Waals surface area contributed by atoms with E-state index in [4.69, 9.17) is 4.74 Å². The number of hydrogen-bond acceptors (Lipinski definition) is 4. The second kappa shape index (κ2) is 8.16. The minimum absolute atomic E-state index is 0.0238. The maximum Gasteiger partial charge on any atom is 0.300 e. The zero-order valence-electron chi connectivity index (χ0n) is 16.1. The molecule has 1 aliphatic heterocycles. The number of ether oxygens (including phenoxy) is 1. The molecule has 1 atom stereocenters. The van der Waals surface area contributed by atoms with Gasteiger partial charge in [0.15, 0.2) is 0 Å². The lowest BCUT2D eigenvalue weighted by Gasteiger charge is -2.26. The highest BCUT2D eigenvalue weighted by Gasteiger charge is 2.47. The molecule has 30 heavy (non-hydrogen) atoms. The van der Waals surface area contributed by atoms with Crippen LogP contribution in [0.4, 0.5) is 5.69 Å². The van der Waals surface area contributed by atoms with E-state index in [-0.39, 0.29) is 11.3 Å². The number of aliphatic hydroxyl groups excluding tert-OH is 1. The number of nitrogens with zero attached hydrogens (tertiary/aromatic N) is 1. The summed E-state index contributed by atoms with van der Waals surface area (Å²) < 4.78 is 6.27. The molecule has 1 heterocycles. The van der Waals surface area contributed by atoms with Crippen LogP contribution in [0, 0.1) is 0 Å². The van der Waals surface area contributed by atoms with Gasteiger partial charge in [-0.05, 0) is 24.3 Å². The van der Waals surface area contributed by atoms with Crippen LogP contribution in [0.1, 0.15) is 17.2 Å². The van der Waals surface area contributed by atoms with E-state index in [2.05, 4.69) is 15.9 Å². The van der Waals surface area contributed by atoms with Gasteiger partial charge in [0.1, 0.15) is 11.5 Å². The van der Waals surface area contributed by atoms with E-state index in [0.717, 1.165) is 4.47 Å².